The van der Waals surface area contributed by atoms with Gasteiger partial charge >= 0.3 is 6.03 Å². The number of aliphatic imine (C=N–C) groups is 1. The van der Waals surface area contributed by atoms with Crippen LogP contribution in [0.5, 0.6) is 0 Å². The molecule has 0 bridgehead atoms. The summed E-state index contributed by atoms with van der Waals surface area (Å²) in [7, 11) is 0. The van der Waals surface area contributed by atoms with Crippen molar-refractivity contribution in [3.8, 4) is 0 Å². The number of nitrogens with two attached hydrogens (primary N) is 1. The number of H-pyrrole nitrogens is 2. The Balaban J connectivity index is 0.000000244. The van der Waals surface area contributed by atoms with Crippen LogP contribution in [0.3, 0.4) is 0 Å². The van der Waals surface area contributed by atoms with E-state index in [1.54, 1.807) is 44.7 Å². The molecular weight excluding hydrogens is 944 g/mol. The largest absolute Gasteiger partial charge is 0.397 e. The molecule has 2 aliphatic heterocycles. The van der Waals surface area contributed by atoms with Gasteiger partial charge in [0.1, 0.15) is 34.1 Å². The normalized spacial score (nSPS) is 15.5. The van der Waals surface area contributed by atoms with Crippen LogP contribution in [0.4, 0.5) is 36.3 Å². The molecule has 4 aromatic rings. The quantitative estimate of drug-likeness (QED) is 0.0582. The van der Waals surface area contributed by atoms with E-state index in [1.807, 2.05) is 41.5 Å². The number of aromatic nitrogens is 2. The van der Waals surface area contributed by atoms with E-state index in [9.17, 15) is 37.5 Å². The Kier molecular flexibility index (Phi) is 16.4. The van der Waals surface area contributed by atoms with Crippen LogP contribution >= 0.6 is 46.4 Å². The Morgan fingerprint density at radius 2 is 1.14 bits per heavy atom. The molecule has 6 amide bonds. The second-order valence-electron chi connectivity index (χ2n) is 18.2. The number of carbonyl (C=O) groups excluding carboxylic acids is 6. The molecule has 2 aromatic heterocycles. The molecule has 0 atom stereocenters. The smallest absolute Gasteiger partial charge is 0.323 e. The number of isocyanates is 1. The highest BCUT2D eigenvalue weighted by atomic mass is 35.5. The van der Waals surface area contributed by atoms with Gasteiger partial charge in [-0.3, -0.25) is 19.2 Å². The summed E-state index contributed by atoms with van der Waals surface area (Å²) in [6.45, 7) is 20.4. The molecule has 66 heavy (non-hydrogen) atoms. The Morgan fingerprint density at radius 3 is 1.62 bits per heavy atom. The number of aromatic amines is 2. The molecular formula is C44H52Cl4F2N10O6. The van der Waals surface area contributed by atoms with Crippen molar-refractivity contribution in [1.29, 1.82) is 0 Å². The zero-order valence-electron chi connectivity index (χ0n) is 37.9. The minimum atomic E-state index is -1.07. The maximum atomic E-state index is 13.5. The Labute approximate surface area is 400 Å². The van der Waals surface area contributed by atoms with E-state index in [0.717, 1.165) is 17.8 Å². The van der Waals surface area contributed by atoms with Crippen LogP contribution in [0, 0.1) is 11.6 Å². The molecule has 2 aliphatic rings. The first-order valence-electron chi connectivity index (χ1n) is 20.3. The van der Waals surface area contributed by atoms with Crippen LogP contribution in [0.1, 0.15) is 102 Å². The molecule has 8 N–H and O–H groups in total. The third kappa shape index (κ3) is 11.8. The summed E-state index contributed by atoms with van der Waals surface area (Å²) in [5.41, 5.74) is 6.55. The van der Waals surface area contributed by atoms with E-state index < -0.39 is 34.7 Å². The summed E-state index contributed by atoms with van der Waals surface area (Å²) in [5.74, 6) is -2.44. The highest BCUT2D eigenvalue weighted by Gasteiger charge is 2.43. The number of halogens is 6. The van der Waals surface area contributed by atoms with Crippen molar-refractivity contribution in [3.05, 3.63) is 90.9 Å². The fourth-order valence-corrected chi connectivity index (χ4v) is 7.23. The summed E-state index contributed by atoms with van der Waals surface area (Å²) in [4.78, 5) is 85.5. The van der Waals surface area contributed by atoms with E-state index in [4.69, 9.17) is 52.1 Å². The van der Waals surface area contributed by atoms with Gasteiger partial charge in [-0.15, -0.1) is 0 Å². The van der Waals surface area contributed by atoms with Crippen molar-refractivity contribution >= 4 is 105 Å². The number of hydrogen-bond donors (Lipinski definition) is 7. The fraction of sp³-hybridized carbons (Fsp3) is 0.409. The molecule has 2 aromatic carbocycles. The van der Waals surface area contributed by atoms with Crippen LogP contribution < -0.4 is 27.0 Å². The second-order valence-corrected chi connectivity index (χ2v) is 19.7. The third-order valence-corrected chi connectivity index (χ3v) is 12.3. The first-order valence-corrected chi connectivity index (χ1v) is 21.8. The van der Waals surface area contributed by atoms with Gasteiger partial charge in [-0.1, -0.05) is 87.9 Å². The SMILES string of the molecule is CC(C)(C)c1cc(N)c(C(=O)N2CCNC(=O)C2(C)C)[nH]1.CC(C)(C)c1cc(NC(=O)Nc2ccc(F)c(Cl)c2Cl)c(C(=O)N2CCNC(=O)C2(C)C)[nH]1.O=C=Nc1ccc(F)c(Cl)c1Cl. The topological polar surface area (TPSA) is 227 Å². The summed E-state index contributed by atoms with van der Waals surface area (Å²) < 4.78 is 26.2. The van der Waals surface area contributed by atoms with Gasteiger partial charge in [-0.05, 0) is 64.1 Å². The number of benzene rings is 2. The minimum Gasteiger partial charge on any atom is -0.397 e. The molecule has 22 heteroatoms. The van der Waals surface area contributed by atoms with Gasteiger partial charge in [0.2, 0.25) is 17.9 Å². The molecule has 0 spiro atoms. The van der Waals surface area contributed by atoms with Gasteiger partial charge in [0, 0.05) is 48.4 Å². The van der Waals surface area contributed by atoms with Crippen LogP contribution in [-0.2, 0) is 25.2 Å². The molecule has 356 valence electrons. The van der Waals surface area contributed by atoms with Crippen molar-refractivity contribution in [2.24, 2.45) is 4.99 Å². The molecule has 0 unspecified atom stereocenters. The van der Waals surface area contributed by atoms with Crippen LogP contribution in [0.15, 0.2) is 41.4 Å². The lowest BCUT2D eigenvalue weighted by molar-refractivity contribution is -0.133. The second kappa shape index (κ2) is 20.5. The zero-order valence-corrected chi connectivity index (χ0v) is 41.0. The average molecular weight is 997 g/mol. The van der Waals surface area contributed by atoms with Gasteiger partial charge in [0.05, 0.1) is 42.8 Å². The number of piperazine rings is 2. The summed E-state index contributed by atoms with van der Waals surface area (Å²) in [6.07, 6.45) is 1.28. The van der Waals surface area contributed by atoms with E-state index in [-0.39, 0.29) is 71.4 Å². The maximum Gasteiger partial charge on any atom is 0.323 e. The lowest BCUT2D eigenvalue weighted by Gasteiger charge is -2.41. The summed E-state index contributed by atoms with van der Waals surface area (Å²) >= 11 is 22.8. The molecule has 2 fully saturated rings. The van der Waals surface area contributed by atoms with Crippen molar-refractivity contribution in [2.75, 3.05) is 42.5 Å². The first-order chi connectivity index (χ1) is 30.4. The lowest BCUT2D eigenvalue weighted by Crippen LogP contribution is -2.63. The Hall–Kier alpha value is -5.65. The number of carbonyl (C=O) groups is 5. The van der Waals surface area contributed by atoms with Crippen molar-refractivity contribution in [1.82, 2.24) is 30.4 Å². The highest BCUT2D eigenvalue weighted by molar-refractivity contribution is 6.44. The first kappa shape index (κ1) is 53.0. The van der Waals surface area contributed by atoms with E-state index >= 15 is 0 Å². The van der Waals surface area contributed by atoms with Crippen molar-refractivity contribution in [3.63, 3.8) is 0 Å². The number of anilines is 3. The van der Waals surface area contributed by atoms with Gasteiger partial charge in [0.15, 0.2) is 0 Å². The molecule has 4 heterocycles. The Bertz CT molecular complexity index is 2590. The van der Waals surface area contributed by atoms with Gasteiger partial charge in [-0.25, -0.2) is 18.4 Å². The van der Waals surface area contributed by atoms with Crippen molar-refractivity contribution < 1.29 is 37.5 Å². The van der Waals surface area contributed by atoms with E-state index in [2.05, 4.69) is 36.2 Å². The monoisotopic (exact) mass is 994 g/mol. The van der Waals surface area contributed by atoms with Gasteiger partial charge in [0.25, 0.3) is 11.8 Å². The lowest BCUT2D eigenvalue weighted by atomic mass is 9.92. The fourth-order valence-electron chi connectivity index (χ4n) is 6.51. The maximum absolute atomic E-state index is 13.5. The third-order valence-electron chi connectivity index (χ3n) is 10.6. The molecule has 16 nitrogen and oxygen atoms in total. The average Bonchev–Trinajstić information content (AvgIpc) is 3.85. The number of rotatable bonds is 5. The zero-order chi connectivity index (χ0) is 49.9. The van der Waals surface area contributed by atoms with Crippen LogP contribution in [0.25, 0.3) is 0 Å². The van der Waals surface area contributed by atoms with Crippen LogP contribution in [0.2, 0.25) is 20.1 Å². The standard InChI is InChI=1S/C22H26Cl2FN5O3.C15H24N4O2.C7H2Cl2FNO/c1-21(2,3)14-10-13(28-20(33)27-12-7-6-11(25)15(23)16(12)24)17(29-14)18(31)30-9-8-26-19(32)22(30,4)5;1-14(2,3)10-8-9(16)11(18-10)12(20)19-7-6-17-13(21)15(19,4)5;8-6-4(10)1-2-5(7(6)9)11-3-12/h6-7,10,29H,8-9H2,1-5H3,(H,26,32)(H2,27,28,33);8,18H,6-7,16H2,1-5H3,(H,17,21);1-2H. The van der Waals surface area contributed by atoms with Gasteiger partial charge < -0.3 is 46.8 Å². The molecule has 2 saturated heterocycles. The molecule has 0 aliphatic carbocycles. The summed E-state index contributed by atoms with van der Waals surface area (Å²) in [6, 6.07) is 7.44. The molecule has 0 saturated carbocycles. The van der Waals surface area contributed by atoms with Crippen LogP contribution in [-0.4, -0.2) is 92.8 Å². The number of urea groups is 1. The Morgan fingerprint density at radius 1 is 0.697 bits per heavy atom. The molecule has 6 rings (SSSR count). The van der Waals surface area contributed by atoms with Gasteiger partial charge in [-0.2, -0.15) is 4.99 Å². The van der Waals surface area contributed by atoms with E-state index in [1.165, 1.54) is 23.1 Å². The highest BCUT2D eigenvalue weighted by Crippen LogP contribution is 2.35. The number of nitrogen functional groups attached to an aromatic ring is 1. The number of hydrogen-bond acceptors (Lipinski definition) is 8. The van der Waals surface area contributed by atoms with E-state index in [0.29, 0.717) is 43.3 Å². The predicted octanol–water partition coefficient (Wildman–Crippen LogP) is 9.10. The minimum absolute atomic E-state index is 0.0833. The predicted molar refractivity (Wildman–Crippen MR) is 253 cm³/mol. The van der Waals surface area contributed by atoms with Crippen molar-refractivity contribution in [2.45, 2.75) is 91.1 Å². The molecule has 0 radical (unpaired) electrons. The summed E-state index contributed by atoms with van der Waals surface area (Å²) in [5, 5.41) is 9.90. The number of nitrogens with one attached hydrogen (secondary N) is 6. The number of amides is 6. The number of nitrogens with zero attached hydrogens (tertiary/aromatic N) is 3.